The summed E-state index contributed by atoms with van der Waals surface area (Å²) < 4.78 is 0. The van der Waals surface area contributed by atoms with Gasteiger partial charge in [-0.15, -0.1) is 11.8 Å². The maximum atomic E-state index is 10.6. The van der Waals surface area contributed by atoms with Crippen LogP contribution in [0.2, 0.25) is 0 Å². The van der Waals surface area contributed by atoms with Crippen LogP contribution in [-0.2, 0) is 4.79 Å². The number of unbranched alkanes of at least 4 members (excludes halogenated alkanes) is 1. The Morgan fingerprint density at radius 1 is 1.38 bits per heavy atom. The van der Waals surface area contributed by atoms with Gasteiger partial charge in [-0.3, -0.25) is 4.79 Å². The molecular formula is C22H32O2. The zero-order valence-corrected chi connectivity index (χ0v) is 15.3. The van der Waals surface area contributed by atoms with Gasteiger partial charge in [0.15, 0.2) is 0 Å². The summed E-state index contributed by atoms with van der Waals surface area (Å²) in [6, 6.07) is 0. The summed E-state index contributed by atoms with van der Waals surface area (Å²) in [6.45, 7) is 4.19. The topological polar surface area (TPSA) is 37.3 Å². The molecule has 0 amide bonds. The van der Waals surface area contributed by atoms with E-state index in [2.05, 4.69) is 37.0 Å². The zero-order chi connectivity index (χ0) is 17.4. The molecule has 0 saturated heterocycles. The predicted octanol–water partition coefficient (Wildman–Crippen LogP) is 5.60. The van der Waals surface area contributed by atoms with E-state index >= 15 is 0 Å². The minimum atomic E-state index is -0.680. The highest BCUT2D eigenvalue weighted by molar-refractivity contribution is 5.66. The molecule has 1 unspecified atom stereocenters. The standard InChI is InChI=1S/C22H32O2/c1-3-4-8-17(2)9-7-11-19-13-14-20-15-18(16-21(19)20)10-5-6-12-22(23)24/h7,10-11,17,19-21H,5-6,8-9,12-16H2,1-2H3,(H,23,24)/b11-7+,18-10+/t17-,19?,20-,21-/m1/s1. The molecule has 0 bridgehead atoms. The summed E-state index contributed by atoms with van der Waals surface area (Å²) in [6.07, 6.45) is 16.5. The third kappa shape index (κ3) is 5.86. The maximum absolute atomic E-state index is 10.6. The third-order valence-electron chi connectivity index (χ3n) is 5.63. The van der Waals surface area contributed by atoms with Crippen molar-refractivity contribution in [3.63, 3.8) is 0 Å². The van der Waals surface area contributed by atoms with Crippen molar-refractivity contribution in [3.8, 4) is 11.8 Å². The minimum absolute atomic E-state index is 0.294. The molecule has 2 heteroatoms. The van der Waals surface area contributed by atoms with Crippen LogP contribution >= 0.6 is 0 Å². The van der Waals surface area contributed by atoms with Gasteiger partial charge in [-0.1, -0.05) is 30.7 Å². The Balaban J connectivity index is 1.76. The Morgan fingerprint density at radius 3 is 2.96 bits per heavy atom. The molecule has 0 radical (unpaired) electrons. The first kappa shape index (κ1) is 18.8. The van der Waals surface area contributed by atoms with Crippen molar-refractivity contribution in [2.24, 2.45) is 23.7 Å². The van der Waals surface area contributed by atoms with E-state index in [0.717, 1.165) is 43.4 Å². The van der Waals surface area contributed by atoms with Crippen LogP contribution in [0.3, 0.4) is 0 Å². The van der Waals surface area contributed by atoms with Crippen molar-refractivity contribution < 1.29 is 9.90 Å². The molecule has 0 aliphatic heterocycles. The Hall–Kier alpha value is -1.49. The highest BCUT2D eigenvalue weighted by atomic mass is 16.4. The zero-order valence-electron chi connectivity index (χ0n) is 15.3. The lowest BCUT2D eigenvalue weighted by Crippen LogP contribution is -2.06. The predicted molar refractivity (Wildman–Crippen MR) is 99.5 cm³/mol. The van der Waals surface area contributed by atoms with E-state index in [9.17, 15) is 4.79 Å². The first-order chi connectivity index (χ1) is 11.6. The molecule has 2 nitrogen and oxygen atoms in total. The SMILES string of the molecule is CC#CC[C@@H](C)C/C=C/C1CC[C@@H]2C/C(=C\CCCC(=O)O)C[C@H]12. The molecule has 0 aromatic heterocycles. The minimum Gasteiger partial charge on any atom is -0.481 e. The van der Waals surface area contributed by atoms with Gasteiger partial charge in [0.1, 0.15) is 0 Å². The smallest absolute Gasteiger partial charge is 0.303 e. The number of fused-ring (bicyclic) bond motifs is 1. The number of hydrogen-bond acceptors (Lipinski definition) is 1. The van der Waals surface area contributed by atoms with Crippen LogP contribution in [0.5, 0.6) is 0 Å². The van der Waals surface area contributed by atoms with E-state index in [1.807, 2.05) is 6.92 Å². The van der Waals surface area contributed by atoms with Gasteiger partial charge in [-0.2, -0.15) is 0 Å². The molecule has 4 atom stereocenters. The van der Waals surface area contributed by atoms with Crippen LogP contribution in [0, 0.1) is 35.5 Å². The third-order valence-corrected chi connectivity index (χ3v) is 5.63. The van der Waals surface area contributed by atoms with Crippen LogP contribution in [0.15, 0.2) is 23.8 Å². The molecule has 0 heterocycles. The van der Waals surface area contributed by atoms with Crippen molar-refractivity contribution in [2.45, 2.75) is 71.6 Å². The molecule has 132 valence electrons. The van der Waals surface area contributed by atoms with E-state index in [0.29, 0.717) is 12.3 Å². The fraction of sp³-hybridized carbons (Fsp3) is 0.682. The van der Waals surface area contributed by atoms with E-state index in [4.69, 9.17) is 5.11 Å². The normalized spacial score (nSPS) is 28.8. The number of rotatable bonds is 8. The number of carboxylic acid groups (broad SMARTS) is 1. The number of carbonyl (C=O) groups is 1. The van der Waals surface area contributed by atoms with Gasteiger partial charge in [0, 0.05) is 12.8 Å². The van der Waals surface area contributed by atoms with Crippen LogP contribution in [0.4, 0.5) is 0 Å². The molecule has 0 aromatic rings. The number of carboxylic acids is 1. The molecule has 2 rings (SSSR count). The largest absolute Gasteiger partial charge is 0.481 e. The van der Waals surface area contributed by atoms with Crippen LogP contribution in [0.25, 0.3) is 0 Å². The van der Waals surface area contributed by atoms with E-state index in [1.165, 1.54) is 25.7 Å². The lowest BCUT2D eigenvalue weighted by molar-refractivity contribution is -0.137. The fourth-order valence-electron chi connectivity index (χ4n) is 4.29. The molecule has 0 spiro atoms. The summed E-state index contributed by atoms with van der Waals surface area (Å²) in [5.41, 5.74) is 1.58. The number of allylic oxidation sites excluding steroid dienone is 4. The van der Waals surface area contributed by atoms with Crippen molar-refractivity contribution in [1.29, 1.82) is 0 Å². The molecule has 1 N–H and O–H groups in total. The highest BCUT2D eigenvalue weighted by Crippen LogP contribution is 2.50. The van der Waals surface area contributed by atoms with Gasteiger partial charge < -0.3 is 5.11 Å². The maximum Gasteiger partial charge on any atom is 0.303 e. The average molecular weight is 328 g/mol. The van der Waals surface area contributed by atoms with E-state index in [1.54, 1.807) is 5.57 Å². The summed E-state index contributed by atoms with van der Waals surface area (Å²) >= 11 is 0. The Morgan fingerprint density at radius 2 is 2.21 bits per heavy atom. The monoisotopic (exact) mass is 328 g/mol. The first-order valence-corrected chi connectivity index (χ1v) is 9.56. The Bertz CT molecular complexity index is 532. The quantitative estimate of drug-likeness (QED) is 0.358. The van der Waals surface area contributed by atoms with Gasteiger partial charge in [0.25, 0.3) is 0 Å². The summed E-state index contributed by atoms with van der Waals surface area (Å²) in [5.74, 6) is 8.58. The lowest BCUT2D eigenvalue weighted by Gasteiger charge is -2.14. The van der Waals surface area contributed by atoms with Crippen LogP contribution < -0.4 is 0 Å². The summed E-state index contributed by atoms with van der Waals surface area (Å²) in [5, 5.41) is 8.70. The van der Waals surface area contributed by atoms with Crippen molar-refractivity contribution >= 4 is 5.97 Å². The Kier molecular flexibility index (Phi) is 7.63. The van der Waals surface area contributed by atoms with Crippen molar-refractivity contribution in [3.05, 3.63) is 23.8 Å². The summed E-state index contributed by atoms with van der Waals surface area (Å²) in [4.78, 5) is 10.6. The fourth-order valence-corrected chi connectivity index (χ4v) is 4.29. The number of hydrogen-bond donors (Lipinski definition) is 1. The van der Waals surface area contributed by atoms with Crippen LogP contribution in [-0.4, -0.2) is 11.1 Å². The second-order valence-electron chi connectivity index (χ2n) is 7.62. The molecule has 2 fully saturated rings. The molecule has 2 saturated carbocycles. The summed E-state index contributed by atoms with van der Waals surface area (Å²) in [7, 11) is 0. The molecule has 0 aromatic carbocycles. The van der Waals surface area contributed by atoms with Crippen LogP contribution in [0.1, 0.15) is 71.6 Å². The van der Waals surface area contributed by atoms with Gasteiger partial charge in [0.2, 0.25) is 0 Å². The second kappa shape index (κ2) is 9.72. The van der Waals surface area contributed by atoms with Gasteiger partial charge >= 0.3 is 5.97 Å². The number of aliphatic carboxylic acids is 1. The second-order valence-corrected chi connectivity index (χ2v) is 7.62. The van der Waals surface area contributed by atoms with Crippen molar-refractivity contribution in [2.75, 3.05) is 0 Å². The van der Waals surface area contributed by atoms with Gasteiger partial charge in [-0.25, -0.2) is 0 Å². The molecule has 2 aliphatic carbocycles. The van der Waals surface area contributed by atoms with Gasteiger partial charge in [0.05, 0.1) is 0 Å². The van der Waals surface area contributed by atoms with Crippen molar-refractivity contribution in [1.82, 2.24) is 0 Å². The lowest BCUT2D eigenvalue weighted by atomic mass is 9.91. The van der Waals surface area contributed by atoms with E-state index < -0.39 is 5.97 Å². The molecular weight excluding hydrogens is 296 g/mol. The molecule has 24 heavy (non-hydrogen) atoms. The first-order valence-electron chi connectivity index (χ1n) is 9.56. The Labute approximate surface area is 147 Å². The highest BCUT2D eigenvalue weighted by Gasteiger charge is 2.39. The van der Waals surface area contributed by atoms with E-state index in [-0.39, 0.29) is 0 Å². The molecule has 2 aliphatic rings. The van der Waals surface area contributed by atoms with Gasteiger partial charge in [-0.05, 0) is 75.5 Å². The average Bonchev–Trinajstić information content (AvgIpc) is 3.10.